The average Bonchev–Trinajstić information content (AvgIpc) is 2.19. The van der Waals surface area contributed by atoms with Gasteiger partial charge in [0.1, 0.15) is 4.99 Å². The summed E-state index contributed by atoms with van der Waals surface area (Å²) in [4.78, 5) is 4.47. The van der Waals surface area contributed by atoms with Crippen molar-refractivity contribution in [2.24, 2.45) is 5.73 Å². The first-order valence-electron chi connectivity index (χ1n) is 4.73. The molecule has 0 fully saturated rings. The number of hydrogen-bond acceptors (Lipinski definition) is 3. The first kappa shape index (κ1) is 10.9. The maximum atomic E-state index is 5.43. The van der Waals surface area contributed by atoms with Crippen molar-refractivity contribution >= 4 is 22.9 Å². The van der Waals surface area contributed by atoms with Crippen LogP contribution in [0.5, 0.6) is 0 Å². The van der Waals surface area contributed by atoms with E-state index < -0.39 is 0 Å². The molecule has 1 rings (SSSR count). The summed E-state index contributed by atoms with van der Waals surface area (Å²) in [7, 11) is 0. The molecular weight excluding hydrogens is 194 g/mol. The number of nitrogens with two attached hydrogens (primary N) is 1. The molecular formula is C10H15N3S. The summed E-state index contributed by atoms with van der Waals surface area (Å²) >= 11 is 4.81. The Kier molecular flexibility index (Phi) is 4.32. The molecule has 0 amide bonds. The molecule has 0 saturated carbocycles. The van der Waals surface area contributed by atoms with Gasteiger partial charge in [-0.15, -0.1) is 0 Å². The fourth-order valence-electron chi connectivity index (χ4n) is 1.05. The minimum Gasteiger partial charge on any atom is -0.388 e. The first-order chi connectivity index (χ1) is 6.74. The quantitative estimate of drug-likeness (QED) is 0.574. The first-order valence-corrected chi connectivity index (χ1v) is 5.14. The Hall–Kier alpha value is -1.16. The smallest absolute Gasteiger partial charge is 0.122 e. The predicted molar refractivity (Wildman–Crippen MR) is 63.5 cm³/mol. The molecule has 0 unspecified atom stereocenters. The molecule has 0 atom stereocenters. The maximum Gasteiger partial charge on any atom is 0.122 e. The van der Waals surface area contributed by atoms with Gasteiger partial charge in [0.05, 0.1) is 17.6 Å². The Bertz CT molecular complexity index is 295. The summed E-state index contributed by atoms with van der Waals surface area (Å²) in [6, 6.07) is 3.77. The minimum absolute atomic E-state index is 0.338. The SMILES string of the molecule is CCCCNc1ccc(C(N)=S)nc1. The Balaban J connectivity index is 2.51. The number of aromatic nitrogens is 1. The second-order valence-corrected chi connectivity index (χ2v) is 3.52. The van der Waals surface area contributed by atoms with Gasteiger partial charge in [-0.3, -0.25) is 4.98 Å². The number of hydrogen-bond donors (Lipinski definition) is 2. The van der Waals surface area contributed by atoms with Crippen LogP contribution in [-0.2, 0) is 0 Å². The lowest BCUT2D eigenvalue weighted by molar-refractivity contribution is 0.834. The van der Waals surface area contributed by atoms with Crippen molar-refractivity contribution in [3.05, 3.63) is 24.0 Å². The van der Waals surface area contributed by atoms with Gasteiger partial charge in [-0.2, -0.15) is 0 Å². The molecule has 3 N–H and O–H groups in total. The van der Waals surface area contributed by atoms with Crippen LogP contribution in [0, 0.1) is 0 Å². The lowest BCUT2D eigenvalue weighted by Gasteiger charge is -2.05. The second kappa shape index (κ2) is 5.54. The monoisotopic (exact) mass is 209 g/mol. The van der Waals surface area contributed by atoms with Crippen molar-refractivity contribution in [2.75, 3.05) is 11.9 Å². The zero-order chi connectivity index (χ0) is 10.4. The van der Waals surface area contributed by atoms with Gasteiger partial charge in [-0.05, 0) is 18.6 Å². The van der Waals surface area contributed by atoms with Crippen molar-refractivity contribution in [1.29, 1.82) is 0 Å². The van der Waals surface area contributed by atoms with Gasteiger partial charge in [-0.1, -0.05) is 25.6 Å². The van der Waals surface area contributed by atoms with Crippen molar-refractivity contribution in [3.63, 3.8) is 0 Å². The van der Waals surface area contributed by atoms with Crippen molar-refractivity contribution in [1.82, 2.24) is 4.98 Å². The van der Waals surface area contributed by atoms with Gasteiger partial charge in [-0.25, -0.2) is 0 Å². The third-order valence-electron chi connectivity index (χ3n) is 1.88. The summed E-state index contributed by atoms with van der Waals surface area (Å²) < 4.78 is 0. The molecule has 4 heteroatoms. The van der Waals surface area contributed by atoms with Gasteiger partial charge in [0, 0.05) is 6.54 Å². The number of pyridine rings is 1. The topological polar surface area (TPSA) is 50.9 Å². The van der Waals surface area contributed by atoms with Crippen molar-refractivity contribution in [3.8, 4) is 0 Å². The number of nitrogens with one attached hydrogen (secondary N) is 1. The Morgan fingerprint density at radius 1 is 1.57 bits per heavy atom. The van der Waals surface area contributed by atoms with E-state index in [1.54, 1.807) is 6.20 Å². The standard InChI is InChI=1S/C10H15N3S/c1-2-3-6-12-8-4-5-9(10(11)14)13-7-8/h4-5,7,12H,2-3,6H2,1H3,(H2,11,14). The zero-order valence-electron chi connectivity index (χ0n) is 8.29. The second-order valence-electron chi connectivity index (χ2n) is 3.08. The Labute approximate surface area is 89.7 Å². The molecule has 0 saturated heterocycles. The highest BCUT2D eigenvalue weighted by molar-refractivity contribution is 7.80. The summed E-state index contributed by atoms with van der Waals surface area (Å²) in [6.45, 7) is 3.14. The normalized spacial score (nSPS) is 9.79. The van der Waals surface area contributed by atoms with E-state index in [-0.39, 0.29) is 0 Å². The third-order valence-corrected chi connectivity index (χ3v) is 2.08. The molecule has 1 aromatic heterocycles. The number of nitrogens with zero attached hydrogens (tertiary/aromatic N) is 1. The molecule has 3 nitrogen and oxygen atoms in total. The van der Waals surface area contributed by atoms with Crippen LogP contribution >= 0.6 is 12.2 Å². The van der Waals surface area contributed by atoms with E-state index in [1.807, 2.05) is 12.1 Å². The van der Waals surface area contributed by atoms with Crippen molar-refractivity contribution in [2.45, 2.75) is 19.8 Å². The van der Waals surface area contributed by atoms with Crippen LogP contribution in [0.25, 0.3) is 0 Å². The fraction of sp³-hybridized carbons (Fsp3) is 0.400. The highest BCUT2D eigenvalue weighted by Gasteiger charge is 1.97. The minimum atomic E-state index is 0.338. The van der Waals surface area contributed by atoms with Crippen LogP contribution in [0.3, 0.4) is 0 Å². The largest absolute Gasteiger partial charge is 0.388 e. The maximum absolute atomic E-state index is 5.43. The van der Waals surface area contributed by atoms with Gasteiger partial charge in [0.15, 0.2) is 0 Å². The lowest BCUT2D eigenvalue weighted by atomic mass is 10.3. The molecule has 0 aliphatic heterocycles. The third kappa shape index (κ3) is 3.30. The summed E-state index contributed by atoms with van der Waals surface area (Å²) in [5, 5.41) is 3.27. The molecule has 1 aromatic rings. The van der Waals surface area contributed by atoms with Crippen LogP contribution in [0.4, 0.5) is 5.69 Å². The van der Waals surface area contributed by atoms with Crippen LogP contribution in [-0.4, -0.2) is 16.5 Å². The predicted octanol–water partition coefficient (Wildman–Crippen LogP) is 1.93. The van der Waals surface area contributed by atoms with E-state index in [1.165, 1.54) is 6.42 Å². The number of unbranched alkanes of at least 4 members (excludes halogenated alkanes) is 1. The molecule has 0 aliphatic rings. The van der Waals surface area contributed by atoms with Crippen LogP contribution < -0.4 is 11.1 Å². The molecule has 14 heavy (non-hydrogen) atoms. The molecule has 0 spiro atoms. The highest BCUT2D eigenvalue weighted by atomic mass is 32.1. The lowest BCUT2D eigenvalue weighted by Crippen LogP contribution is -2.11. The van der Waals surface area contributed by atoms with E-state index in [4.69, 9.17) is 18.0 Å². The highest BCUT2D eigenvalue weighted by Crippen LogP contribution is 2.06. The van der Waals surface area contributed by atoms with Gasteiger partial charge < -0.3 is 11.1 Å². The van der Waals surface area contributed by atoms with E-state index in [0.29, 0.717) is 10.7 Å². The molecule has 0 bridgehead atoms. The average molecular weight is 209 g/mol. The molecule has 76 valence electrons. The molecule has 0 radical (unpaired) electrons. The summed E-state index contributed by atoms with van der Waals surface area (Å²) in [5.74, 6) is 0. The molecule has 1 heterocycles. The molecule has 0 aliphatic carbocycles. The van der Waals surface area contributed by atoms with E-state index in [2.05, 4.69) is 17.2 Å². The van der Waals surface area contributed by atoms with Crippen LogP contribution in [0.15, 0.2) is 18.3 Å². The van der Waals surface area contributed by atoms with Crippen LogP contribution in [0.2, 0.25) is 0 Å². The number of rotatable bonds is 5. The fourth-order valence-corrected chi connectivity index (χ4v) is 1.17. The van der Waals surface area contributed by atoms with E-state index in [9.17, 15) is 0 Å². The van der Waals surface area contributed by atoms with Crippen molar-refractivity contribution < 1.29 is 0 Å². The van der Waals surface area contributed by atoms with Crippen LogP contribution in [0.1, 0.15) is 25.5 Å². The summed E-state index contributed by atoms with van der Waals surface area (Å²) in [6.07, 6.45) is 4.10. The summed E-state index contributed by atoms with van der Waals surface area (Å²) in [5.41, 5.74) is 7.11. The number of anilines is 1. The van der Waals surface area contributed by atoms with Gasteiger partial charge in [0.2, 0.25) is 0 Å². The van der Waals surface area contributed by atoms with Gasteiger partial charge in [0.25, 0.3) is 0 Å². The van der Waals surface area contributed by atoms with Gasteiger partial charge >= 0.3 is 0 Å². The number of thiocarbonyl (C=S) groups is 1. The van der Waals surface area contributed by atoms with E-state index >= 15 is 0 Å². The molecule has 0 aromatic carbocycles. The van der Waals surface area contributed by atoms with E-state index in [0.717, 1.165) is 18.7 Å². The zero-order valence-corrected chi connectivity index (χ0v) is 9.10. The Morgan fingerprint density at radius 3 is 2.86 bits per heavy atom. The Morgan fingerprint density at radius 2 is 2.36 bits per heavy atom.